The van der Waals surface area contributed by atoms with Crippen molar-refractivity contribution in [2.45, 2.75) is 18.4 Å². The predicted octanol–water partition coefficient (Wildman–Crippen LogP) is 3.17. The monoisotopic (exact) mass is 348 g/mol. The van der Waals surface area contributed by atoms with E-state index < -0.39 is 10.0 Å². The molecule has 1 aromatic carbocycles. The zero-order valence-corrected chi connectivity index (χ0v) is 14.2. The number of benzene rings is 1. The summed E-state index contributed by atoms with van der Waals surface area (Å²) in [5.41, 5.74) is 0.549. The van der Waals surface area contributed by atoms with Gasteiger partial charge in [-0.2, -0.15) is 0 Å². The van der Waals surface area contributed by atoms with Gasteiger partial charge in [-0.15, -0.1) is 11.3 Å². The molecule has 0 spiro atoms. The highest BCUT2D eigenvalue weighted by Gasteiger charge is 2.19. The summed E-state index contributed by atoms with van der Waals surface area (Å²) < 4.78 is 33.4. The zero-order valence-electron chi connectivity index (χ0n) is 12.5. The third-order valence-electron chi connectivity index (χ3n) is 3.30. The van der Waals surface area contributed by atoms with Gasteiger partial charge in [-0.1, -0.05) is 6.07 Å². The fraction of sp³-hybridized carbons (Fsp3) is 0.188. The van der Waals surface area contributed by atoms with E-state index in [9.17, 15) is 8.42 Å². The average molecular weight is 348 g/mol. The molecule has 2 aromatic heterocycles. The van der Waals surface area contributed by atoms with Gasteiger partial charge in [0.2, 0.25) is 10.0 Å². The first-order valence-corrected chi connectivity index (χ1v) is 9.50. The van der Waals surface area contributed by atoms with Gasteiger partial charge in [0.05, 0.1) is 11.5 Å². The van der Waals surface area contributed by atoms with E-state index >= 15 is 0 Å². The van der Waals surface area contributed by atoms with Crippen LogP contribution in [-0.2, 0) is 16.6 Å². The molecule has 0 aliphatic rings. The quantitative estimate of drug-likeness (QED) is 0.743. The summed E-state index contributed by atoms with van der Waals surface area (Å²) >= 11 is 1.51. The lowest BCUT2D eigenvalue weighted by Crippen LogP contribution is -2.23. The van der Waals surface area contributed by atoms with Crippen molar-refractivity contribution in [3.8, 4) is 5.75 Å². The number of sulfonamides is 1. The summed E-state index contributed by atoms with van der Waals surface area (Å²) in [4.78, 5) is 5.44. The summed E-state index contributed by atoms with van der Waals surface area (Å²) in [5.74, 6) is 0.584. The van der Waals surface area contributed by atoms with E-state index in [1.54, 1.807) is 30.5 Å². The van der Waals surface area contributed by atoms with Crippen molar-refractivity contribution in [3.05, 3.63) is 52.9 Å². The van der Waals surface area contributed by atoms with Crippen LogP contribution in [0.5, 0.6) is 5.75 Å². The molecule has 7 heteroatoms. The Hall–Kier alpha value is -1.96. The maximum atomic E-state index is 12.6. The van der Waals surface area contributed by atoms with Crippen LogP contribution in [0.15, 0.2) is 52.9 Å². The maximum Gasteiger partial charge on any atom is 0.241 e. The first-order chi connectivity index (χ1) is 11.1. The molecule has 0 aliphatic carbocycles. The first-order valence-electron chi connectivity index (χ1n) is 7.14. The van der Waals surface area contributed by atoms with Gasteiger partial charge in [-0.05, 0) is 42.6 Å². The first kappa shape index (κ1) is 15.9. The van der Waals surface area contributed by atoms with Crippen LogP contribution >= 0.6 is 11.3 Å². The Labute approximate surface area is 139 Å². The third kappa shape index (κ3) is 3.36. The molecule has 5 nitrogen and oxygen atoms in total. The Balaban J connectivity index is 2.00. The van der Waals surface area contributed by atoms with E-state index in [1.807, 2.05) is 24.4 Å². The molecule has 0 aliphatic heterocycles. The number of nitrogens with one attached hydrogen (secondary N) is 1. The van der Waals surface area contributed by atoms with Crippen LogP contribution in [-0.4, -0.2) is 20.0 Å². The van der Waals surface area contributed by atoms with Gasteiger partial charge in [0, 0.05) is 23.0 Å². The number of pyridine rings is 1. The fourth-order valence-electron chi connectivity index (χ4n) is 2.28. The predicted molar refractivity (Wildman–Crippen MR) is 91.3 cm³/mol. The van der Waals surface area contributed by atoms with Gasteiger partial charge >= 0.3 is 0 Å². The van der Waals surface area contributed by atoms with Crippen LogP contribution in [0.3, 0.4) is 0 Å². The molecule has 23 heavy (non-hydrogen) atoms. The van der Waals surface area contributed by atoms with Crippen molar-refractivity contribution in [1.29, 1.82) is 0 Å². The number of nitrogens with zero attached hydrogens (tertiary/aromatic N) is 1. The minimum Gasteiger partial charge on any atom is -0.492 e. The highest BCUT2D eigenvalue weighted by molar-refractivity contribution is 7.89. The van der Waals surface area contributed by atoms with E-state index in [0.717, 1.165) is 4.88 Å². The van der Waals surface area contributed by atoms with Gasteiger partial charge in [-0.25, -0.2) is 13.1 Å². The third-order valence-corrected chi connectivity index (χ3v) is 5.63. The number of ether oxygens (including phenoxy) is 1. The van der Waals surface area contributed by atoms with E-state index in [-0.39, 0.29) is 11.4 Å². The van der Waals surface area contributed by atoms with Gasteiger partial charge in [0.15, 0.2) is 0 Å². The van der Waals surface area contributed by atoms with Crippen LogP contribution in [0, 0.1) is 0 Å². The second kappa shape index (κ2) is 6.66. The highest BCUT2D eigenvalue weighted by Crippen LogP contribution is 2.29. The van der Waals surface area contributed by atoms with Crippen molar-refractivity contribution in [3.63, 3.8) is 0 Å². The molecule has 0 fully saturated rings. The number of aromatic nitrogens is 1. The molecule has 120 valence electrons. The Morgan fingerprint density at radius 1 is 1.22 bits per heavy atom. The summed E-state index contributed by atoms with van der Waals surface area (Å²) in [7, 11) is -3.63. The van der Waals surface area contributed by atoms with Crippen molar-refractivity contribution in [2.75, 3.05) is 6.61 Å². The molecule has 2 heterocycles. The molecule has 0 saturated heterocycles. The molecule has 0 amide bonds. The summed E-state index contributed by atoms with van der Waals surface area (Å²) in [6.45, 7) is 2.64. The van der Waals surface area contributed by atoms with Crippen molar-refractivity contribution in [1.82, 2.24) is 9.71 Å². The summed E-state index contributed by atoms with van der Waals surface area (Å²) in [6.07, 6.45) is 1.63. The molecule has 0 radical (unpaired) electrons. The normalized spacial score (nSPS) is 11.7. The topological polar surface area (TPSA) is 68.3 Å². The minimum atomic E-state index is -3.63. The van der Waals surface area contributed by atoms with E-state index in [4.69, 9.17) is 4.74 Å². The van der Waals surface area contributed by atoms with Crippen LogP contribution in [0.25, 0.3) is 10.9 Å². The second-order valence-electron chi connectivity index (χ2n) is 4.80. The number of hydrogen-bond donors (Lipinski definition) is 1. The van der Waals surface area contributed by atoms with Crippen molar-refractivity contribution >= 4 is 32.3 Å². The molecule has 0 saturated carbocycles. The molecule has 3 aromatic rings. The van der Waals surface area contributed by atoms with Crippen molar-refractivity contribution in [2.24, 2.45) is 0 Å². The minimum absolute atomic E-state index is 0.209. The highest BCUT2D eigenvalue weighted by atomic mass is 32.2. The lowest BCUT2D eigenvalue weighted by molar-refractivity contribution is 0.343. The smallest absolute Gasteiger partial charge is 0.241 e. The van der Waals surface area contributed by atoms with E-state index in [0.29, 0.717) is 23.3 Å². The SMILES string of the molecule is CCOc1ccc(S(=O)(=O)NCc2cccs2)c2cccnc12. The Bertz CT molecular complexity index is 906. The summed E-state index contributed by atoms with van der Waals surface area (Å²) in [6, 6.07) is 10.5. The molecule has 0 atom stereocenters. The molecule has 0 unspecified atom stereocenters. The number of hydrogen-bond acceptors (Lipinski definition) is 5. The number of thiophene rings is 1. The molecular weight excluding hydrogens is 332 g/mol. The lowest BCUT2D eigenvalue weighted by atomic mass is 10.2. The molecule has 0 bridgehead atoms. The molecule has 3 rings (SSSR count). The standard InChI is InChI=1S/C16H16N2O3S2/c1-2-21-14-7-8-15(13-6-3-9-17-16(13)14)23(19,20)18-11-12-5-4-10-22-12/h3-10,18H,2,11H2,1H3. The Morgan fingerprint density at radius 3 is 2.83 bits per heavy atom. The Kier molecular flexibility index (Phi) is 4.61. The van der Waals surface area contributed by atoms with E-state index in [2.05, 4.69) is 9.71 Å². The van der Waals surface area contributed by atoms with Gasteiger partial charge < -0.3 is 4.74 Å². The zero-order chi connectivity index (χ0) is 16.3. The molecule has 1 N–H and O–H groups in total. The Morgan fingerprint density at radius 2 is 2.09 bits per heavy atom. The summed E-state index contributed by atoms with van der Waals surface area (Å²) in [5, 5.41) is 2.47. The van der Waals surface area contributed by atoms with Gasteiger partial charge in [0.25, 0.3) is 0 Å². The number of fused-ring (bicyclic) bond motifs is 1. The number of rotatable bonds is 6. The maximum absolute atomic E-state index is 12.6. The molecular formula is C16H16N2O3S2. The van der Waals surface area contributed by atoms with Crippen LogP contribution < -0.4 is 9.46 Å². The largest absolute Gasteiger partial charge is 0.492 e. The van der Waals surface area contributed by atoms with Crippen LogP contribution in [0.1, 0.15) is 11.8 Å². The van der Waals surface area contributed by atoms with Gasteiger partial charge in [0.1, 0.15) is 11.3 Å². The van der Waals surface area contributed by atoms with Gasteiger partial charge in [-0.3, -0.25) is 4.98 Å². The van der Waals surface area contributed by atoms with E-state index in [1.165, 1.54) is 11.3 Å². The van der Waals surface area contributed by atoms with Crippen molar-refractivity contribution < 1.29 is 13.2 Å². The fourth-order valence-corrected chi connectivity index (χ4v) is 4.22. The second-order valence-corrected chi connectivity index (χ2v) is 7.57. The lowest BCUT2D eigenvalue weighted by Gasteiger charge is -2.11. The van der Waals surface area contributed by atoms with Crippen LogP contribution in [0.2, 0.25) is 0 Å². The van der Waals surface area contributed by atoms with Crippen LogP contribution in [0.4, 0.5) is 0 Å². The average Bonchev–Trinajstić information content (AvgIpc) is 3.07.